The van der Waals surface area contributed by atoms with Crippen LogP contribution in [-0.2, 0) is 4.74 Å². The lowest BCUT2D eigenvalue weighted by Crippen LogP contribution is -2.29. The van der Waals surface area contributed by atoms with Gasteiger partial charge in [0, 0.05) is 13.7 Å². The number of nitrogens with one attached hydrogen (secondary N) is 1. The molecule has 2 nitrogen and oxygen atoms in total. The van der Waals surface area contributed by atoms with Gasteiger partial charge in [-0.1, -0.05) is 27.7 Å². The van der Waals surface area contributed by atoms with Crippen LogP contribution in [0, 0.1) is 17.8 Å². The predicted molar refractivity (Wildman–Crippen MR) is 67.1 cm³/mol. The number of hydrogen-bond donors (Lipinski definition) is 1. The van der Waals surface area contributed by atoms with Gasteiger partial charge in [-0.15, -0.1) is 0 Å². The van der Waals surface area contributed by atoms with Crippen LogP contribution in [0.2, 0.25) is 0 Å². The van der Waals surface area contributed by atoms with Gasteiger partial charge in [-0.05, 0) is 43.7 Å². The Balaban J connectivity index is 3.69. The van der Waals surface area contributed by atoms with E-state index in [-0.39, 0.29) is 0 Å². The third-order valence-corrected chi connectivity index (χ3v) is 3.47. The summed E-state index contributed by atoms with van der Waals surface area (Å²) in [5.41, 5.74) is 0. The van der Waals surface area contributed by atoms with Crippen LogP contribution in [0.15, 0.2) is 0 Å². The first-order valence-electron chi connectivity index (χ1n) is 6.33. The topological polar surface area (TPSA) is 21.3 Å². The van der Waals surface area contributed by atoms with E-state index in [1.54, 1.807) is 7.11 Å². The molecule has 0 aromatic carbocycles. The molecule has 0 aromatic rings. The zero-order chi connectivity index (χ0) is 11.7. The van der Waals surface area contributed by atoms with Crippen molar-refractivity contribution in [2.24, 2.45) is 17.8 Å². The standard InChI is InChI=1S/C13H29NO/c1-6-8-14-10-12(3)13(4)11(2)7-9-15-5/h11-14H,6-10H2,1-5H3. The summed E-state index contributed by atoms with van der Waals surface area (Å²) in [6.45, 7) is 12.4. The number of rotatable bonds is 9. The van der Waals surface area contributed by atoms with Crippen molar-refractivity contribution in [3.05, 3.63) is 0 Å². The Morgan fingerprint density at radius 3 is 2.33 bits per heavy atom. The maximum Gasteiger partial charge on any atom is 0.0464 e. The molecular weight excluding hydrogens is 186 g/mol. The van der Waals surface area contributed by atoms with Gasteiger partial charge in [0.25, 0.3) is 0 Å². The van der Waals surface area contributed by atoms with Crippen LogP contribution >= 0.6 is 0 Å². The summed E-state index contributed by atoms with van der Waals surface area (Å²) in [4.78, 5) is 0. The fourth-order valence-corrected chi connectivity index (χ4v) is 1.82. The lowest BCUT2D eigenvalue weighted by molar-refractivity contribution is 0.154. The van der Waals surface area contributed by atoms with Gasteiger partial charge in [0.1, 0.15) is 0 Å². The molecule has 3 unspecified atom stereocenters. The lowest BCUT2D eigenvalue weighted by atomic mass is 9.83. The third kappa shape index (κ3) is 6.91. The quantitative estimate of drug-likeness (QED) is 0.597. The summed E-state index contributed by atoms with van der Waals surface area (Å²) in [5, 5.41) is 3.50. The van der Waals surface area contributed by atoms with E-state index in [4.69, 9.17) is 4.74 Å². The molecular formula is C13H29NO. The molecule has 3 atom stereocenters. The number of ether oxygens (including phenoxy) is 1. The molecule has 0 saturated carbocycles. The van der Waals surface area contributed by atoms with Crippen LogP contribution in [0.5, 0.6) is 0 Å². The Bertz CT molecular complexity index is 138. The molecule has 0 aromatic heterocycles. The van der Waals surface area contributed by atoms with Gasteiger partial charge in [0.05, 0.1) is 0 Å². The second-order valence-corrected chi connectivity index (χ2v) is 4.80. The van der Waals surface area contributed by atoms with E-state index in [2.05, 4.69) is 33.0 Å². The van der Waals surface area contributed by atoms with Crippen LogP contribution in [0.25, 0.3) is 0 Å². The summed E-state index contributed by atoms with van der Waals surface area (Å²) in [6, 6.07) is 0. The maximum atomic E-state index is 5.13. The molecule has 0 rings (SSSR count). The van der Waals surface area contributed by atoms with E-state index in [0.717, 1.165) is 37.5 Å². The highest BCUT2D eigenvalue weighted by Crippen LogP contribution is 2.22. The van der Waals surface area contributed by atoms with Gasteiger partial charge in [0.2, 0.25) is 0 Å². The van der Waals surface area contributed by atoms with Crippen molar-refractivity contribution in [2.75, 3.05) is 26.8 Å². The molecule has 0 saturated heterocycles. The minimum Gasteiger partial charge on any atom is -0.385 e. The molecule has 0 heterocycles. The third-order valence-electron chi connectivity index (χ3n) is 3.47. The van der Waals surface area contributed by atoms with E-state index in [1.807, 2.05) is 0 Å². The van der Waals surface area contributed by atoms with Gasteiger partial charge >= 0.3 is 0 Å². The first-order chi connectivity index (χ1) is 7.13. The first kappa shape index (κ1) is 14.9. The Hall–Kier alpha value is -0.0800. The zero-order valence-electron chi connectivity index (χ0n) is 11.2. The van der Waals surface area contributed by atoms with Crippen molar-refractivity contribution in [1.29, 1.82) is 0 Å². The molecule has 0 aliphatic carbocycles. The largest absolute Gasteiger partial charge is 0.385 e. The van der Waals surface area contributed by atoms with Crippen molar-refractivity contribution in [2.45, 2.75) is 40.5 Å². The molecule has 0 spiro atoms. The molecule has 0 aliphatic rings. The highest BCUT2D eigenvalue weighted by Gasteiger charge is 2.18. The average Bonchev–Trinajstić information content (AvgIpc) is 2.24. The van der Waals surface area contributed by atoms with Gasteiger partial charge in [-0.25, -0.2) is 0 Å². The average molecular weight is 215 g/mol. The van der Waals surface area contributed by atoms with Crippen molar-refractivity contribution in [1.82, 2.24) is 5.32 Å². The molecule has 0 radical (unpaired) electrons. The summed E-state index contributed by atoms with van der Waals surface area (Å²) < 4.78 is 5.13. The molecule has 2 heteroatoms. The van der Waals surface area contributed by atoms with Crippen molar-refractivity contribution >= 4 is 0 Å². The van der Waals surface area contributed by atoms with E-state index in [0.29, 0.717) is 0 Å². The van der Waals surface area contributed by atoms with Gasteiger partial charge in [-0.2, -0.15) is 0 Å². The predicted octanol–water partition coefficient (Wildman–Crippen LogP) is 2.93. The SMILES string of the molecule is CCCNCC(C)C(C)C(C)CCOC. The van der Waals surface area contributed by atoms with E-state index < -0.39 is 0 Å². The number of methoxy groups -OCH3 is 1. The first-order valence-corrected chi connectivity index (χ1v) is 6.33. The van der Waals surface area contributed by atoms with Crippen molar-refractivity contribution < 1.29 is 4.74 Å². The second-order valence-electron chi connectivity index (χ2n) is 4.80. The molecule has 1 N–H and O–H groups in total. The molecule has 0 bridgehead atoms. The van der Waals surface area contributed by atoms with Crippen molar-refractivity contribution in [3.63, 3.8) is 0 Å². The summed E-state index contributed by atoms with van der Waals surface area (Å²) in [6.07, 6.45) is 2.40. The van der Waals surface area contributed by atoms with Crippen LogP contribution in [0.4, 0.5) is 0 Å². The van der Waals surface area contributed by atoms with Crippen LogP contribution in [0.3, 0.4) is 0 Å². The van der Waals surface area contributed by atoms with Crippen LogP contribution < -0.4 is 5.32 Å². The fourth-order valence-electron chi connectivity index (χ4n) is 1.82. The second kappa shape index (κ2) is 9.17. The molecule has 15 heavy (non-hydrogen) atoms. The Morgan fingerprint density at radius 1 is 1.13 bits per heavy atom. The monoisotopic (exact) mass is 215 g/mol. The highest BCUT2D eigenvalue weighted by atomic mass is 16.5. The maximum absolute atomic E-state index is 5.13. The lowest BCUT2D eigenvalue weighted by Gasteiger charge is -2.26. The molecule has 0 fully saturated rings. The Kier molecular flexibility index (Phi) is 9.12. The normalized spacial score (nSPS) is 17.4. The van der Waals surface area contributed by atoms with Gasteiger partial charge in [0.15, 0.2) is 0 Å². The molecule has 0 aliphatic heterocycles. The Labute approximate surface area is 95.8 Å². The summed E-state index contributed by atoms with van der Waals surface area (Å²) >= 11 is 0. The van der Waals surface area contributed by atoms with Crippen LogP contribution in [-0.4, -0.2) is 26.8 Å². The van der Waals surface area contributed by atoms with Crippen LogP contribution in [0.1, 0.15) is 40.5 Å². The summed E-state index contributed by atoms with van der Waals surface area (Å²) in [7, 11) is 1.78. The minimum absolute atomic E-state index is 0.753. The summed E-state index contributed by atoms with van der Waals surface area (Å²) in [5.74, 6) is 2.27. The Morgan fingerprint density at radius 2 is 1.80 bits per heavy atom. The zero-order valence-corrected chi connectivity index (χ0v) is 11.2. The van der Waals surface area contributed by atoms with Gasteiger partial charge in [-0.3, -0.25) is 0 Å². The van der Waals surface area contributed by atoms with Gasteiger partial charge < -0.3 is 10.1 Å². The van der Waals surface area contributed by atoms with E-state index in [9.17, 15) is 0 Å². The molecule has 0 amide bonds. The minimum atomic E-state index is 0.753. The number of hydrogen-bond acceptors (Lipinski definition) is 2. The highest BCUT2D eigenvalue weighted by molar-refractivity contribution is 4.70. The smallest absolute Gasteiger partial charge is 0.0464 e. The fraction of sp³-hybridized carbons (Fsp3) is 1.00. The van der Waals surface area contributed by atoms with Crippen molar-refractivity contribution in [3.8, 4) is 0 Å². The van der Waals surface area contributed by atoms with E-state index in [1.165, 1.54) is 12.8 Å². The van der Waals surface area contributed by atoms with E-state index >= 15 is 0 Å². The molecule has 92 valence electrons.